The molecule has 4 nitrogen and oxygen atoms in total. The lowest BCUT2D eigenvalue weighted by Crippen LogP contribution is -2.40. The number of nitrogens with zero attached hydrogens (tertiary/aromatic N) is 1. The van der Waals surface area contributed by atoms with Crippen LogP contribution in [0, 0.1) is 0 Å². The molecule has 2 atom stereocenters. The van der Waals surface area contributed by atoms with Gasteiger partial charge in [0.25, 0.3) is 5.91 Å². The molecule has 2 unspecified atom stereocenters. The van der Waals surface area contributed by atoms with Crippen LogP contribution in [0.4, 0.5) is 0 Å². The highest BCUT2D eigenvalue weighted by Crippen LogP contribution is 2.33. The van der Waals surface area contributed by atoms with Crippen LogP contribution in [0.3, 0.4) is 0 Å². The maximum absolute atomic E-state index is 12.2. The van der Waals surface area contributed by atoms with Crippen molar-refractivity contribution in [3.8, 4) is 5.75 Å². The van der Waals surface area contributed by atoms with Crippen LogP contribution in [0.15, 0.2) is 18.2 Å². The molecule has 0 radical (unpaired) electrons. The summed E-state index contributed by atoms with van der Waals surface area (Å²) < 4.78 is 0. The molecule has 1 aliphatic carbocycles. The van der Waals surface area contributed by atoms with Crippen LogP contribution in [-0.2, 0) is 6.54 Å². The molecule has 1 aromatic carbocycles. The Labute approximate surface area is 99.5 Å². The fourth-order valence-corrected chi connectivity index (χ4v) is 2.88. The second-order valence-corrected chi connectivity index (χ2v) is 4.84. The minimum absolute atomic E-state index is 0.0223. The van der Waals surface area contributed by atoms with Crippen LogP contribution in [0.25, 0.3) is 0 Å². The zero-order valence-corrected chi connectivity index (χ0v) is 9.47. The van der Waals surface area contributed by atoms with E-state index < -0.39 is 6.10 Å². The average molecular weight is 233 g/mol. The smallest absolute Gasteiger partial charge is 0.254 e. The number of benzene rings is 1. The van der Waals surface area contributed by atoms with Gasteiger partial charge in [-0.25, -0.2) is 0 Å². The quantitative estimate of drug-likeness (QED) is 0.767. The molecule has 3 rings (SSSR count). The molecular formula is C13H15NO3. The van der Waals surface area contributed by atoms with Crippen molar-refractivity contribution in [1.29, 1.82) is 0 Å². The van der Waals surface area contributed by atoms with Gasteiger partial charge in [-0.1, -0.05) is 0 Å². The van der Waals surface area contributed by atoms with Crippen LogP contribution < -0.4 is 0 Å². The molecular weight excluding hydrogens is 218 g/mol. The largest absolute Gasteiger partial charge is 0.508 e. The zero-order valence-electron chi connectivity index (χ0n) is 9.47. The van der Waals surface area contributed by atoms with Gasteiger partial charge in [0.15, 0.2) is 0 Å². The summed E-state index contributed by atoms with van der Waals surface area (Å²) >= 11 is 0. The Morgan fingerprint density at radius 2 is 2.12 bits per heavy atom. The maximum Gasteiger partial charge on any atom is 0.254 e. The van der Waals surface area contributed by atoms with Crippen LogP contribution in [0.1, 0.15) is 35.2 Å². The van der Waals surface area contributed by atoms with Gasteiger partial charge in [-0.05, 0) is 43.0 Å². The first kappa shape index (κ1) is 10.6. The Hall–Kier alpha value is -1.55. The molecule has 0 aromatic heterocycles. The molecule has 0 saturated heterocycles. The third-order valence-electron chi connectivity index (χ3n) is 3.77. The van der Waals surface area contributed by atoms with Crippen molar-refractivity contribution in [3.63, 3.8) is 0 Å². The first-order valence-electron chi connectivity index (χ1n) is 5.98. The van der Waals surface area contributed by atoms with E-state index in [0.29, 0.717) is 12.1 Å². The molecule has 1 aliphatic heterocycles. The minimum Gasteiger partial charge on any atom is -0.508 e. The number of phenols is 1. The Bertz CT molecular complexity index is 472. The van der Waals surface area contributed by atoms with Crippen LogP contribution in [-0.4, -0.2) is 33.2 Å². The number of phenolic OH excluding ortho intramolecular Hbond substituents is 1. The standard InChI is InChI=1S/C13H15NO3/c15-9-4-5-10-8(6-9)7-14(13(10)17)11-2-1-3-12(11)16/h4-6,11-12,15-16H,1-3,7H2. The number of aliphatic hydroxyl groups excluding tert-OH is 1. The first-order chi connectivity index (χ1) is 8.16. The van der Waals surface area contributed by atoms with E-state index in [0.717, 1.165) is 24.8 Å². The van der Waals surface area contributed by atoms with Crippen LogP contribution in [0.5, 0.6) is 5.75 Å². The highest BCUT2D eigenvalue weighted by molar-refractivity contribution is 5.98. The van der Waals surface area contributed by atoms with Gasteiger partial charge in [-0.2, -0.15) is 0 Å². The van der Waals surface area contributed by atoms with E-state index in [9.17, 15) is 15.0 Å². The van der Waals surface area contributed by atoms with Gasteiger partial charge < -0.3 is 15.1 Å². The molecule has 0 spiro atoms. The summed E-state index contributed by atoms with van der Waals surface area (Å²) in [5.41, 5.74) is 1.51. The van der Waals surface area contributed by atoms with Gasteiger partial charge in [0, 0.05) is 12.1 Å². The lowest BCUT2D eigenvalue weighted by Gasteiger charge is -2.26. The fourth-order valence-electron chi connectivity index (χ4n) is 2.88. The molecule has 2 N–H and O–H groups in total. The molecule has 0 bridgehead atoms. The van der Waals surface area contributed by atoms with E-state index in [1.165, 1.54) is 6.07 Å². The van der Waals surface area contributed by atoms with Crippen molar-refractivity contribution < 1.29 is 15.0 Å². The average Bonchev–Trinajstić information content (AvgIpc) is 2.83. The molecule has 90 valence electrons. The topological polar surface area (TPSA) is 60.8 Å². The van der Waals surface area contributed by atoms with E-state index in [2.05, 4.69) is 0 Å². The molecule has 17 heavy (non-hydrogen) atoms. The van der Waals surface area contributed by atoms with Gasteiger partial charge in [0.2, 0.25) is 0 Å². The lowest BCUT2D eigenvalue weighted by atomic mass is 10.1. The minimum atomic E-state index is -0.401. The number of amides is 1. The van der Waals surface area contributed by atoms with Crippen molar-refractivity contribution in [2.75, 3.05) is 0 Å². The Kier molecular flexibility index (Phi) is 2.33. The van der Waals surface area contributed by atoms with Crippen LogP contribution >= 0.6 is 0 Å². The summed E-state index contributed by atoms with van der Waals surface area (Å²) in [7, 11) is 0. The van der Waals surface area contributed by atoms with E-state index in [-0.39, 0.29) is 17.7 Å². The highest BCUT2D eigenvalue weighted by atomic mass is 16.3. The summed E-state index contributed by atoms with van der Waals surface area (Å²) in [6.07, 6.45) is 2.21. The van der Waals surface area contributed by atoms with Gasteiger partial charge in [-0.15, -0.1) is 0 Å². The predicted molar refractivity (Wildman–Crippen MR) is 61.6 cm³/mol. The van der Waals surface area contributed by atoms with Crippen molar-refractivity contribution in [2.45, 2.75) is 38.0 Å². The number of rotatable bonds is 1. The summed E-state index contributed by atoms with van der Waals surface area (Å²) in [5.74, 6) is 0.163. The lowest BCUT2D eigenvalue weighted by molar-refractivity contribution is 0.0479. The molecule has 1 fully saturated rings. The number of hydrogen-bond acceptors (Lipinski definition) is 3. The van der Waals surface area contributed by atoms with E-state index in [4.69, 9.17) is 0 Å². The molecule has 4 heteroatoms. The number of carbonyl (C=O) groups excluding carboxylic acids is 1. The van der Waals surface area contributed by atoms with E-state index in [1.807, 2.05) is 0 Å². The molecule has 1 heterocycles. The third-order valence-corrected chi connectivity index (χ3v) is 3.77. The van der Waals surface area contributed by atoms with E-state index in [1.54, 1.807) is 17.0 Å². The predicted octanol–water partition coefficient (Wildman–Crippen LogP) is 1.26. The van der Waals surface area contributed by atoms with E-state index >= 15 is 0 Å². The zero-order chi connectivity index (χ0) is 12.0. The number of hydrogen-bond donors (Lipinski definition) is 2. The number of aliphatic hydroxyl groups is 1. The van der Waals surface area contributed by atoms with Crippen LogP contribution in [0.2, 0.25) is 0 Å². The molecule has 1 amide bonds. The number of carbonyl (C=O) groups is 1. The third kappa shape index (κ3) is 1.60. The second-order valence-electron chi connectivity index (χ2n) is 4.84. The second kappa shape index (κ2) is 3.74. The van der Waals surface area contributed by atoms with Gasteiger partial charge in [0.1, 0.15) is 5.75 Å². The van der Waals surface area contributed by atoms with Crippen molar-refractivity contribution >= 4 is 5.91 Å². The number of aromatic hydroxyl groups is 1. The van der Waals surface area contributed by atoms with Crippen molar-refractivity contribution in [1.82, 2.24) is 4.90 Å². The molecule has 2 aliphatic rings. The van der Waals surface area contributed by atoms with Crippen molar-refractivity contribution in [3.05, 3.63) is 29.3 Å². The summed E-state index contributed by atoms with van der Waals surface area (Å²) in [6.45, 7) is 0.504. The Morgan fingerprint density at radius 1 is 1.29 bits per heavy atom. The monoisotopic (exact) mass is 233 g/mol. The SMILES string of the molecule is O=C1c2ccc(O)cc2CN1C1CCCC1O. The highest BCUT2D eigenvalue weighted by Gasteiger charge is 2.38. The summed E-state index contributed by atoms with van der Waals surface area (Å²) in [4.78, 5) is 13.9. The molecule has 1 aromatic rings. The van der Waals surface area contributed by atoms with Crippen molar-refractivity contribution in [2.24, 2.45) is 0 Å². The van der Waals surface area contributed by atoms with Gasteiger partial charge in [-0.3, -0.25) is 4.79 Å². The molecule has 1 saturated carbocycles. The summed E-state index contributed by atoms with van der Waals surface area (Å²) in [6, 6.07) is 4.77. The van der Waals surface area contributed by atoms with Gasteiger partial charge >= 0.3 is 0 Å². The normalized spacial score (nSPS) is 27.6. The summed E-state index contributed by atoms with van der Waals surface area (Å²) in [5, 5.41) is 19.3. The number of fused-ring (bicyclic) bond motifs is 1. The van der Waals surface area contributed by atoms with Gasteiger partial charge in [0.05, 0.1) is 12.1 Å². The Balaban J connectivity index is 1.90. The Morgan fingerprint density at radius 3 is 2.82 bits per heavy atom. The first-order valence-corrected chi connectivity index (χ1v) is 5.98. The fraction of sp³-hybridized carbons (Fsp3) is 0.462. The maximum atomic E-state index is 12.2.